The molecule has 1 atom stereocenters. The summed E-state index contributed by atoms with van der Waals surface area (Å²) < 4.78 is 7.82. The van der Waals surface area contributed by atoms with Crippen LogP contribution in [0.1, 0.15) is 34.9 Å². The average Bonchev–Trinajstić information content (AvgIpc) is 2.73. The van der Waals surface area contributed by atoms with Crippen LogP contribution < -0.4 is 4.74 Å². The zero-order chi connectivity index (χ0) is 14.1. The number of fused-ring (bicyclic) bond motifs is 1. The van der Waals surface area contributed by atoms with Crippen LogP contribution in [0.5, 0.6) is 5.75 Å². The maximum Gasteiger partial charge on any atom is 0.122 e. The molecule has 0 amide bonds. The van der Waals surface area contributed by atoms with Gasteiger partial charge in [-0.25, -0.2) is 0 Å². The summed E-state index contributed by atoms with van der Waals surface area (Å²) in [6.45, 7) is 5.80. The molecule has 0 spiro atoms. The number of ether oxygens (including phenoxy) is 1. The molecule has 106 valence electrons. The fraction of sp³-hybridized carbons (Fsp3) is 0.438. The van der Waals surface area contributed by atoms with Crippen molar-refractivity contribution in [2.45, 2.75) is 38.6 Å². The van der Waals surface area contributed by atoms with Gasteiger partial charge in [0.2, 0.25) is 0 Å². The maximum absolute atomic E-state index is 6.00. The molecule has 3 rings (SSSR count). The molecule has 0 fully saturated rings. The number of nitrogens with zero attached hydrogens (tertiary/aromatic N) is 2. The van der Waals surface area contributed by atoms with Gasteiger partial charge in [0.25, 0.3) is 0 Å². The van der Waals surface area contributed by atoms with Gasteiger partial charge in [0, 0.05) is 23.7 Å². The quantitative estimate of drug-likeness (QED) is 0.804. The van der Waals surface area contributed by atoms with Gasteiger partial charge in [-0.15, -0.1) is 11.6 Å². The number of hydrogen-bond acceptors (Lipinski definition) is 2. The highest BCUT2D eigenvalue weighted by Gasteiger charge is 2.23. The number of alkyl halides is 1. The predicted molar refractivity (Wildman–Crippen MR) is 80.6 cm³/mol. The van der Waals surface area contributed by atoms with Crippen molar-refractivity contribution < 1.29 is 4.74 Å². The highest BCUT2D eigenvalue weighted by molar-refractivity contribution is 6.17. The van der Waals surface area contributed by atoms with E-state index in [2.05, 4.69) is 28.8 Å². The molecule has 0 saturated heterocycles. The van der Waals surface area contributed by atoms with Crippen LogP contribution in [0.15, 0.2) is 24.3 Å². The molecule has 0 radical (unpaired) electrons. The standard InChI is InChI=1S/C16H19ClN2O/c1-11-15(9-17)12(2)19(18-11)10-13-7-8-20-16-6-4-3-5-14(13)16/h3-6,13H,7-10H2,1-2H3. The van der Waals surface area contributed by atoms with E-state index in [0.717, 1.165) is 36.6 Å². The molecule has 4 heteroatoms. The fourth-order valence-electron chi connectivity index (χ4n) is 2.92. The first-order valence-corrected chi connectivity index (χ1v) is 7.54. The Kier molecular flexibility index (Phi) is 3.70. The van der Waals surface area contributed by atoms with Gasteiger partial charge in [-0.2, -0.15) is 5.10 Å². The summed E-state index contributed by atoms with van der Waals surface area (Å²) in [7, 11) is 0. The van der Waals surface area contributed by atoms with Crippen molar-refractivity contribution in [3.8, 4) is 5.75 Å². The third-order valence-corrected chi connectivity index (χ3v) is 4.41. The van der Waals surface area contributed by atoms with Crippen LogP contribution in [0.25, 0.3) is 0 Å². The summed E-state index contributed by atoms with van der Waals surface area (Å²) in [5.41, 5.74) is 4.67. The Morgan fingerprint density at radius 3 is 2.90 bits per heavy atom. The van der Waals surface area contributed by atoms with Gasteiger partial charge in [-0.1, -0.05) is 18.2 Å². The van der Waals surface area contributed by atoms with E-state index in [0.29, 0.717) is 11.8 Å². The molecule has 2 aromatic rings. The number of benzene rings is 1. The van der Waals surface area contributed by atoms with Crippen molar-refractivity contribution in [2.75, 3.05) is 6.61 Å². The number of rotatable bonds is 3. The minimum absolute atomic E-state index is 0.459. The maximum atomic E-state index is 6.00. The molecule has 1 aromatic heterocycles. The lowest BCUT2D eigenvalue weighted by Crippen LogP contribution is -2.19. The Morgan fingerprint density at radius 2 is 2.15 bits per heavy atom. The Morgan fingerprint density at radius 1 is 1.35 bits per heavy atom. The lowest BCUT2D eigenvalue weighted by molar-refractivity contribution is 0.256. The molecule has 1 aromatic carbocycles. The third kappa shape index (κ3) is 2.31. The normalized spacial score (nSPS) is 17.6. The lowest BCUT2D eigenvalue weighted by atomic mass is 9.93. The Balaban J connectivity index is 1.89. The molecule has 2 heterocycles. The Hall–Kier alpha value is -1.48. The SMILES string of the molecule is Cc1nn(CC2CCOc3ccccc32)c(C)c1CCl. The minimum atomic E-state index is 0.459. The molecule has 0 aliphatic carbocycles. The van der Waals surface area contributed by atoms with Gasteiger partial charge in [0.05, 0.1) is 18.2 Å². The molecule has 1 aliphatic rings. The molecule has 20 heavy (non-hydrogen) atoms. The monoisotopic (exact) mass is 290 g/mol. The van der Waals surface area contributed by atoms with Gasteiger partial charge in [-0.05, 0) is 31.9 Å². The fourth-order valence-corrected chi connectivity index (χ4v) is 3.31. The highest BCUT2D eigenvalue weighted by atomic mass is 35.5. The third-order valence-electron chi connectivity index (χ3n) is 4.14. The molecular formula is C16H19ClN2O. The summed E-state index contributed by atoms with van der Waals surface area (Å²) in [5, 5.41) is 4.64. The first-order chi connectivity index (χ1) is 9.70. The van der Waals surface area contributed by atoms with E-state index in [1.165, 1.54) is 11.3 Å². The second-order valence-corrected chi connectivity index (χ2v) is 5.60. The van der Waals surface area contributed by atoms with Crippen molar-refractivity contribution >= 4 is 11.6 Å². The minimum Gasteiger partial charge on any atom is -0.493 e. The van der Waals surface area contributed by atoms with Crippen LogP contribution >= 0.6 is 11.6 Å². The molecule has 0 saturated carbocycles. The smallest absolute Gasteiger partial charge is 0.122 e. The van der Waals surface area contributed by atoms with Crippen molar-refractivity contribution in [1.29, 1.82) is 0 Å². The van der Waals surface area contributed by atoms with E-state index in [4.69, 9.17) is 16.3 Å². The Labute approximate surface area is 124 Å². The molecular weight excluding hydrogens is 272 g/mol. The predicted octanol–water partition coefficient (Wildman–Crippen LogP) is 3.81. The van der Waals surface area contributed by atoms with Crippen LogP contribution in [0.4, 0.5) is 0 Å². The van der Waals surface area contributed by atoms with E-state index in [9.17, 15) is 0 Å². The Bertz CT molecular complexity index is 621. The van der Waals surface area contributed by atoms with Crippen molar-refractivity contribution in [1.82, 2.24) is 9.78 Å². The van der Waals surface area contributed by atoms with Gasteiger partial charge in [0.15, 0.2) is 0 Å². The molecule has 0 bridgehead atoms. The number of halogens is 1. The molecule has 3 nitrogen and oxygen atoms in total. The lowest BCUT2D eigenvalue weighted by Gasteiger charge is -2.26. The van der Waals surface area contributed by atoms with Gasteiger partial charge in [-0.3, -0.25) is 4.68 Å². The number of aryl methyl sites for hydroxylation is 1. The second kappa shape index (κ2) is 5.49. The topological polar surface area (TPSA) is 27.1 Å². The highest BCUT2D eigenvalue weighted by Crippen LogP contribution is 2.34. The van der Waals surface area contributed by atoms with E-state index >= 15 is 0 Å². The van der Waals surface area contributed by atoms with E-state index in [1.807, 2.05) is 19.1 Å². The molecule has 1 aliphatic heterocycles. The first kappa shape index (κ1) is 13.5. The number of para-hydroxylation sites is 1. The summed E-state index contributed by atoms with van der Waals surface area (Å²) in [4.78, 5) is 0. The zero-order valence-electron chi connectivity index (χ0n) is 11.9. The van der Waals surface area contributed by atoms with Gasteiger partial charge >= 0.3 is 0 Å². The average molecular weight is 291 g/mol. The van der Waals surface area contributed by atoms with Crippen LogP contribution in [-0.2, 0) is 12.4 Å². The van der Waals surface area contributed by atoms with Crippen molar-refractivity contribution in [3.05, 3.63) is 46.8 Å². The van der Waals surface area contributed by atoms with E-state index in [1.54, 1.807) is 0 Å². The van der Waals surface area contributed by atoms with E-state index in [-0.39, 0.29) is 0 Å². The van der Waals surface area contributed by atoms with Gasteiger partial charge in [0.1, 0.15) is 5.75 Å². The zero-order valence-corrected chi connectivity index (χ0v) is 12.7. The van der Waals surface area contributed by atoms with Crippen molar-refractivity contribution in [2.24, 2.45) is 0 Å². The van der Waals surface area contributed by atoms with Crippen LogP contribution in [0.3, 0.4) is 0 Å². The van der Waals surface area contributed by atoms with E-state index < -0.39 is 0 Å². The van der Waals surface area contributed by atoms with Crippen molar-refractivity contribution in [3.63, 3.8) is 0 Å². The second-order valence-electron chi connectivity index (χ2n) is 5.34. The van der Waals surface area contributed by atoms with Crippen LogP contribution in [-0.4, -0.2) is 16.4 Å². The molecule has 1 unspecified atom stereocenters. The summed E-state index contributed by atoms with van der Waals surface area (Å²) in [6.07, 6.45) is 1.03. The first-order valence-electron chi connectivity index (χ1n) is 7.01. The summed E-state index contributed by atoms with van der Waals surface area (Å²) in [5.74, 6) is 2.01. The summed E-state index contributed by atoms with van der Waals surface area (Å²) >= 11 is 6.00. The number of hydrogen-bond donors (Lipinski definition) is 0. The molecule has 0 N–H and O–H groups in total. The van der Waals surface area contributed by atoms with Gasteiger partial charge < -0.3 is 4.74 Å². The van der Waals surface area contributed by atoms with Crippen LogP contribution in [0.2, 0.25) is 0 Å². The summed E-state index contributed by atoms with van der Waals surface area (Å²) in [6, 6.07) is 8.31. The van der Waals surface area contributed by atoms with Crippen LogP contribution in [0, 0.1) is 13.8 Å². The number of aromatic nitrogens is 2. The largest absolute Gasteiger partial charge is 0.493 e.